The van der Waals surface area contributed by atoms with Gasteiger partial charge in [0.15, 0.2) is 0 Å². The summed E-state index contributed by atoms with van der Waals surface area (Å²) in [5, 5.41) is 10.2. The van der Waals surface area contributed by atoms with Gasteiger partial charge in [0.1, 0.15) is 0 Å². The Labute approximate surface area is 120 Å². The average molecular weight is 267 g/mol. The van der Waals surface area contributed by atoms with Gasteiger partial charge in [-0.25, -0.2) is 0 Å². The van der Waals surface area contributed by atoms with E-state index >= 15 is 0 Å². The highest BCUT2D eigenvalue weighted by molar-refractivity contribution is 5.31. The molecule has 1 aromatic heterocycles. The predicted octanol–water partition coefficient (Wildman–Crippen LogP) is 3.68. The summed E-state index contributed by atoms with van der Waals surface area (Å²) < 4.78 is 0. The van der Waals surface area contributed by atoms with Crippen LogP contribution in [0.25, 0.3) is 0 Å². The molecule has 0 saturated heterocycles. The third-order valence-electron chi connectivity index (χ3n) is 4.05. The van der Waals surface area contributed by atoms with E-state index in [2.05, 4.69) is 44.2 Å². The van der Waals surface area contributed by atoms with E-state index in [1.165, 1.54) is 5.56 Å². The van der Waals surface area contributed by atoms with Crippen molar-refractivity contribution in [2.24, 2.45) is 5.41 Å². The number of benzene rings is 1. The van der Waals surface area contributed by atoms with E-state index < -0.39 is 0 Å². The summed E-state index contributed by atoms with van der Waals surface area (Å²) in [5.41, 5.74) is 4.57. The number of rotatable bonds is 2. The summed E-state index contributed by atoms with van der Waals surface area (Å²) in [6.45, 7) is 4.40. The Kier molecular flexibility index (Phi) is 3.35. The van der Waals surface area contributed by atoms with Crippen LogP contribution in [0, 0.1) is 5.41 Å². The molecule has 1 unspecified atom stereocenters. The van der Waals surface area contributed by atoms with Gasteiger partial charge in [0.05, 0.1) is 6.10 Å². The Morgan fingerprint density at radius 3 is 2.65 bits per heavy atom. The lowest BCUT2D eigenvalue weighted by atomic mass is 9.75. The molecule has 104 valence electrons. The van der Waals surface area contributed by atoms with Gasteiger partial charge in [-0.2, -0.15) is 0 Å². The zero-order chi connectivity index (χ0) is 14.2. The van der Waals surface area contributed by atoms with Crippen molar-refractivity contribution in [1.29, 1.82) is 0 Å². The molecular formula is C18H21NO. The zero-order valence-corrected chi connectivity index (χ0v) is 12.1. The van der Waals surface area contributed by atoms with Crippen LogP contribution in [0.1, 0.15) is 48.9 Å². The molecule has 2 aromatic rings. The van der Waals surface area contributed by atoms with Crippen molar-refractivity contribution in [3.63, 3.8) is 0 Å². The molecule has 2 heteroatoms. The summed E-state index contributed by atoms with van der Waals surface area (Å²) >= 11 is 0. The number of aliphatic hydroxyl groups is 1. The van der Waals surface area contributed by atoms with Crippen molar-refractivity contribution < 1.29 is 5.11 Å². The van der Waals surface area contributed by atoms with Gasteiger partial charge in [-0.15, -0.1) is 0 Å². The maximum Gasteiger partial charge on any atom is 0.0812 e. The minimum Gasteiger partial charge on any atom is -0.388 e. The maximum absolute atomic E-state index is 10.2. The average Bonchev–Trinajstić information content (AvgIpc) is 2.38. The zero-order valence-electron chi connectivity index (χ0n) is 12.1. The van der Waals surface area contributed by atoms with Gasteiger partial charge in [-0.05, 0) is 29.9 Å². The number of hydrogen-bond donors (Lipinski definition) is 1. The molecule has 2 nitrogen and oxygen atoms in total. The van der Waals surface area contributed by atoms with Crippen molar-refractivity contribution >= 4 is 0 Å². The molecule has 0 saturated carbocycles. The molecule has 1 aliphatic carbocycles. The summed E-state index contributed by atoms with van der Waals surface area (Å²) in [5.74, 6) is 0. The molecule has 0 bridgehead atoms. The highest BCUT2D eigenvalue weighted by Crippen LogP contribution is 2.39. The van der Waals surface area contributed by atoms with Crippen molar-refractivity contribution in [1.82, 2.24) is 4.98 Å². The van der Waals surface area contributed by atoms with Crippen molar-refractivity contribution in [2.45, 2.75) is 39.2 Å². The Hall–Kier alpha value is -1.67. The standard InChI is InChI=1S/C18H21NO/c1-18(2)11-16-15(17(20)12-18)9-8-14(19-16)10-13-6-4-3-5-7-13/h3-9,17,20H,10-12H2,1-2H3. The lowest BCUT2D eigenvalue weighted by Crippen LogP contribution is -2.26. The molecule has 1 aliphatic rings. The van der Waals surface area contributed by atoms with Crippen LogP contribution in [0.4, 0.5) is 0 Å². The monoisotopic (exact) mass is 267 g/mol. The van der Waals surface area contributed by atoms with E-state index in [9.17, 15) is 5.11 Å². The number of nitrogens with zero attached hydrogens (tertiary/aromatic N) is 1. The first-order valence-electron chi connectivity index (χ1n) is 7.24. The Balaban J connectivity index is 1.89. The molecule has 1 aromatic carbocycles. The maximum atomic E-state index is 10.2. The van der Waals surface area contributed by atoms with Gasteiger partial charge in [0.25, 0.3) is 0 Å². The number of pyridine rings is 1. The molecule has 1 heterocycles. The second-order valence-electron chi connectivity index (χ2n) is 6.56. The van der Waals surface area contributed by atoms with Gasteiger partial charge in [0, 0.05) is 23.4 Å². The summed E-state index contributed by atoms with van der Waals surface area (Å²) in [7, 11) is 0. The van der Waals surface area contributed by atoms with E-state index in [0.29, 0.717) is 0 Å². The molecule has 0 fully saturated rings. The third-order valence-corrected chi connectivity index (χ3v) is 4.05. The molecule has 20 heavy (non-hydrogen) atoms. The molecule has 3 rings (SSSR count). The van der Waals surface area contributed by atoms with E-state index in [0.717, 1.165) is 36.2 Å². The van der Waals surface area contributed by atoms with Crippen LogP contribution in [0.15, 0.2) is 42.5 Å². The van der Waals surface area contributed by atoms with Crippen molar-refractivity contribution in [3.05, 3.63) is 65.0 Å². The molecular weight excluding hydrogens is 246 g/mol. The lowest BCUT2D eigenvalue weighted by molar-refractivity contribution is 0.0981. The van der Waals surface area contributed by atoms with Crippen LogP contribution in [0.3, 0.4) is 0 Å². The van der Waals surface area contributed by atoms with Gasteiger partial charge >= 0.3 is 0 Å². The van der Waals surface area contributed by atoms with Gasteiger partial charge in [-0.3, -0.25) is 4.98 Å². The predicted molar refractivity (Wildman–Crippen MR) is 80.5 cm³/mol. The van der Waals surface area contributed by atoms with Crippen LogP contribution in [0.5, 0.6) is 0 Å². The first-order valence-corrected chi connectivity index (χ1v) is 7.24. The largest absolute Gasteiger partial charge is 0.388 e. The van der Waals surface area contributed by atoms with Crippen LogP contribution in [0.2, 0.25) is 0 Å². The van der Waals surface area contributed by atoms with Crippen molar-refractivity contribution in [3.8, 4) is 0 Å². The van der Waals surface area contributed by atoms with Crippen LogP contribution < -0.4 is 0 Å². The van der Waals surface area contributed by atoms with E-state index in [1.807, 2.05) is 12.1 Å². The fourth-order valence-corrected chi connectivity index (χ4v) is 3.06. The van der Waals surface area contributed by atoms with Crippen LogP contribution >= 0.6 is 0 Å². The summed E-state index contributed by atoms with van der Waals surface area (Å²) in [4.78, 5) is 4.79. The number of hydrogen-bond acceptors (Lipinski definition) is 2. The summed E-state index contributed by atoms with van der Waals surface area (Å²) in [6.07, 6.45) is 2.25. The van der Waals surface area contributed by atoms with E-state index in [1.54, 1.807) is 0 Å². The SMILES string of the molecule is CC1(C)Cc2nc(Cc3ccccc3)ccc2C(O)C1. The first kappa shape index (κ1) is 13.3. The first-order chi connectivity index (χ1) is 9.53. The van der Waals surface area contributed by atoms with E-state index in [4.69, 9.17) is 4.98 Å². The molecule has 0 amide bonds. The van der Waals surface area contributed by atoms with Gasteiger partial charge < -0.3 is 5.11 Å². The molecule has 0 aliphatic heterocycles. The van der Waals surface area contributed by atoms with E-state index in [-0.39, 0.29) is 11.5 Å². The Morgan fingerprint density at radius 1 is 1.15 bits per heavy atom. The smallest absolute Gasteiger partial charge is 0.0812 e. The fraction of sp³-hybridized carbons (Fsp3) is 0.389. The fourth-order valence-electron chi connectivity index (χ4n) is 3.06. The van der Waals surface area contributed by atoms with Gasteiger partial charge in [-0.1, -0.05) is 50.2 Å². The van der Waals surface area contributed by atoms with Crippen molar-refractivity contribution in [2.75, 3.05) is 0 Å². The topological polar surface area (TPSA) is 33.1 Å². The second-order valence-corrected chi connectivity index (χ2v) is 6.56. The number of aliphatic hydroxyl groups excluding tert-OH is 1. The van der Waals surface area contributed by atoms with Crippen LogP contribution in [-0.2, 0) is 12.8 Å². The van der Waals surface area contributed by atoms with Crippen LogP contribution in [-0.4, -0.2) is 10.1 Å². The quantitative estimate of drug-likeness (QED) is 0.900. The molecule has 0 spiro atoms. The highest BCUT2D eigenvalue weighted by Gasteiger charge is 2.32. The Bertz CT molecular complexity index is 604. The number of aromatic nitrogens is 1. The molecule has 1 atom stereocenters. The second kappa shape index (κ2) is 5.02. The highest BCUT2D eigenvalue weighted by atomic mass is 16.3. The number of fused-ring (bicyclic) bond motifs is 1. The third kappa shape index (κ3) is 2.75. The lowest BCUT2D eigenvalue weighted by Gasteiger charge is -2.34. The Morgan fingerprint density at radius 2 is 1.90 bits per heavy atom. The molecule has 1 N–H and O–H groups in total. The normalized spacial score (nSPS) is 20.4. The summed E-state index contributed by atoms with van der Waals surface area (Å²) in [6, 6.07) is 14.5. The molecule has 0 radical (unpaired) electrons. The van der Waals surface area contributed by atoms with Gasteiger partial charge in [0.2, 0.25) is 0 Å². The minimum atomic E-state index is -0.368. The minimum absolute atomic E-state index is 0.130.